The van der Waals surface area contributed by atoms with Crippen LogP contribution in [0.15, 0.2) is 84.9 Å². The quantitative estimate of drug-likeness (QED) is 0.450. The Morgan fingerprint density at radius 2 is 1.35 bits per heavy atom. The first-order chi connectivity index (χ1) is 11.3. The van der Waals surface area contributed by atoms with E-state index in [1.165, 1.54) is 21.9 Å². The third-order valence-electron chi connectivity index (χ3n) is 4.21. The van der Waals surface area contributed by atoms with Crippen LogP contribution in [0.2, 0.25) is 0 Å². The Bertz CT molecular complexity index is 971. The van der Waals surface area contributed by atoms with Gasteiger partial charge in [-0.1, -0.05) is 72.8 Å². The predicted molar refractivity (Wildman–Crippen MR) is 97.4 cm³/mol. The highest BCUT2D eigenvalue weighted by Gasteiger charge is 2.09. The van der Waals surface area contributed by atoms with E-state index in [4.69, 9.17) is 4.98 Å². The van der Waals surface area contributed by atoms with Gasteiger partial charge in [0.1, 0.15) is 0 Å². The van der Waals surface area contributed by atoms with E-state index in [1.54, 1.807) is 0 Å². The zero-order valence-electron chi connectivity index (χ0n) is 13.0. The predicted octanol–water partition coefficient (Wildman–Crippen LogP) is 5.88. The van der Waals surface area contributed by atoms with Gasteiger partial charge in [0.15, 0.2) is 0 Å². The van der Waals surface area contributed by atoms with Crippen molar-refractivity contribution in [3.63, 3.8) is 0 Å². The molecule has 0 aliphatic rings. The van der Waals surface area contributed by atoms with E-state index in [1.807, 2.05) is 18.2 Å². The third-order valence-corrected chi connectivity index (χ3v) is 4.21. The van der Waals surface area contributed by atoms with Crippen LogP contribution in [0.4, 0.5) is 0 Å². The van der Waals surface area contributed by atoms with Crippen LogP contribution < -0.4 is 0 Å². The summed E-state index contributed by atoms with van der Waals surface area (Å²) in [6, 6.07) is 29.4. The number of hydrogen-bond donors (Lipinski definition) is 0. The van der Waals surface area contributed by atoms with Crippen LogP contribution in [-0.2, 0) is 0 Å². The van der Waals surface area contributed by atoms with E-state index in [9.17, 15) is 0 Å². The first kappa shape index (κ1) is 13.7. The molecule has 0 aliphatic heterocycles. The van der Waals surface area contributed by atoms with E-state index in [0.29, 0.717) is 0 Å². The molecule has 1 aromatic heterocycles. The highest BCUT2D eigenvalue weighted by atomic mass is 14.7. The lowest BCUT2D eigenvalue weighted by molar-refractivity contribution is 1.31. The van der Waals surface area contributed by atoms with Gasteiger partial charge in [-0.25, -0.2) is 4.98 Å². The Labute approximate surface area is 136 Å². The third kappa shape index (κ3) is 2.51. The first-order valence-corrected chi connectivity index (χ1v) is 7.84. The lowest BCUT2D eigenvalue weighted by Gasteiger charge is -2.11. The van der Waals surface area contributed by atoms with Gasteiger partial charge >= 0.3 is 0 Å². The highest BCUT2D eigenvalue weighted by molar-refractivity contribution is 5.97. The van der Waals surface area contributed by atoms with Crippen molar-refractivity contribution in [3.05, 3.63) is 90.5 Å². The zero-order chi connectivity index (χ0) is 15.6. The molecule has 4 aromatic rings. The van der Waals surface area contributed by atoms with Gasteiger partial charge in [0.25, 0.3) is 0 Å². The van der Waals surface area contributed by atoms with Gasteiger partial charge in [0.05, 0.1) is 11.4 Å². The summed E-state index contributed by atoms with van der Waals surface area (Å²) in [6.07, 6.45) is 0. The molecule has 0 amide bonds. The number of aromatic nitrogens is 1. The number of rotatable bonds is 2. The molecule has 0 spiro atoms. The molecule has 1 heterocycles. The van der Waals surface area contributed by atoms with Crippen molar-refractivity contribution in [1.82, 2.24) is 4.98 Å². The molecule has 0 aliphatic carbocycles. The maximum Gasteiger partial charge on any atom is 0.0718 e. The van der Waals surface area contributed by atoms with Crippen molar-refractivity contribution in [2.75, 3.05) is 0 Å². The standard InChI is InChI=1S/C22H17N/c1-16-14-15-17-8-5-6-11-19(17)22(16)21-13-7-12-20(23-21)18-9-3-2-4-10-18/h2-15H,1H3. The molecule has 0 saturated heterocycles. The molecule has 0 radical (unpaired) electrons. The van der Waals surface area contributed by atoms with Gasteiger partial charge in [-0.05, 0) is 35.4 Å². The SMILES string of the molecule is Cc1ccc2ccccc2c1-c1cccc(-c2ccccc2)n1. The summed E-state index contributed by atoms with van der Waals surface area (Å²) < 4.78 is 0. The molecule has 23 heavy (non-hydrogen) atoms. The van der Waals surface area contributed by atoms with Crippen molar-refractivity contribution in [3.8, 4) is 22.5 Å². The number of hydrogen-bond acceptors (Lipinski definition) is 1. The second-order valence-electron chi connectivity index (χ2n) is 5.75. The molecule has 110 valence electrons. The van der Waals surface area contributed by atoms with Crippen molar-refractivity contribution in [2.45, 2.75) is 6.92 Å². The summed E-state index contributed by atoms with van der Waals surface area (Å²) in [6.45, 7) is 2.15. The van der Waals surface area contributed by atoms with E-state index in [2.05, 4.69) is 73.7 Å². The summed E-state index contributed by atoms with van der Waals surface area (Å²) in [7, 11) is 0. The number of aryl methyl sites for hydroxylation is 1. The minimum absolute atomic E-state index is 1.01. The minimum Gasteiger partial charge on any atom is -0.248 e. The normalized spacial score (nSPS) is 10.8. The topological polar surface area (TPSA) is 12.9 Å². The van der Waals surface area contributed by atoms with Crippen molar-refractivity contribution in [2.24, 2.45) is 0 Å². The maximum absolute atomic E-state index is 4.92. The van der Waals surface area contributed by atoms with Crippen molar-refractivity contribution >= 4 is 10.8 Å². The average Bonchev–Trinajstić information content (AvgIpc) is 2.62. The molecule has 1 heteroatoms. The second kappa shape index (κ2) is 5.69. The summed E-state index contributed by atoms with van der Waals surface area (Å²) >= 11 is 0. The molecular weight excluding hydrogens is 278 g/mol. The van der Waals surface area contributed by atoms with Crippen LogP contribution in [0, 0.1) is 6.92 Å². The molecule has 1 nitrogen and oxygen atoms in total. The highest BCUT2D eigenvalue weighted by Crippen LogP contribution is 2.31. The molecule has 0 bridgehead atoms. The number of fused-ring (bicyclic) bond motifs is 1. The largest absolute Gasteiger partial charge is 0.248 e. The Morgan fingerprint density at radius 3 is 2.22 bits per heavy atom. The molecule has 0 atom stereocenters. The van der Waals surface area contributed by atoms with Gasteiger partial charge in [0, 0.05) is 11.1 Å². The molecule has 4 rings (SSSR count). The van der Waals surface area contributed by atoms with E-state index < -0.39 is 0 Å². The Kier molecular flexibility index (Phi) is 3.39. The van der Waals surface area contributed by atoms with E-state index in [-0.39, 0.29) is 0 Å². The van der Waals surface area contributed by atoms with Gasteiger partial charge in [0.2, 0.25) is 0 Å². The van der Waals surface area contributed by atoms with Crippen LogP contribution in [0.1, 0.15) is 5.56 Å². The second-order valence-corrected chi connectivity index (χ2v) is 5.75. The lowest BCUT2D eigenvalue weighted by atomic mass is 9.96. The van der Waals surface area contributed by atoms with Crippen molar-refractivity contribution in [1.29, 1.82) is 0 Å². The molecule has 0 fully saturated rings. The smallest absolute Gasteiger partial charge is 0.0718 e. The first-order valence-electron chi connectivity index (χ1n) is 7.84. The van der Waals surface area contributed by atoms with Crippen LogP contribution in [0.25, 0.3) is 33.3 Å². The average molecular weight is 295 g/mol. The Balaban J connectivity index is 1.94. The number of pyridine rings is 1. The molecule has 0 unspecified atom stereocenters. The van der Waals surface area contributed by atoms with E-state index >= 15 is 0 Å². The van der Waals surface area contributed by atoms with Crippen molar-refractivity contribution < 1.29 is 0 Å². The van der Waals surface area contributed by atoms with Gasteiger partial charge in [-0.2, -0.15) is 0 Å². The Hall–Kier alpha value is -2.93. The summed E-state index contributed by atoms with van der Waals surface area (Å²) in [5.41, 5.74) is 5.66. The molecule has 3 aromatic carbocycles. The van der Waals surface area contributed by atoms with Gasteiger partial charge in [-0.3, -0.25) is 0 Å². The van der Waals surface area contributed by atoms with Crippen LogP contribution in [-0.4, -0.2) is 4.98 Å². The zero-order valence-corrected chi connectivity index (χ0v) is 13.0. The van der Waals surface area contributed by atoms with Gasteiger partial charge < -0.3 is 0 Å². The summed E-state index contributed by atoms with van der Waals surface area (Å²) in [4.78, 5) is 4.92. The monoisotopic (exact) mass is 295 g/mol. The van der Waals surface area contributed by atoms with Crippen LogP contribution in [0.3, 0.4) is 0 Å². The maximum atomic E-state index is 4.92. The van der Waals surface area contributed by atoms with E-state index in [0.717, 1.165) is 17.0 Å². The van der Waals surface area contributed by atoms with Gasteiger partial charge in [-0.15, -0.1) is 0 Å². The fourth-order valence-electron chi connectivity index (χ4n) is 3.06. The lowest BCUT2D eigenvalue weighted by Crippen LogP contribution is -1.91. The fourth-order valence-corrected chi connectivity index (χ4v) is 3.06. The number of nitrogens with zero attached hydrogens (tertiary/aromatic N) is 1. The summed E-state index contributed by atoms with van der Waals surface area (Å²) in [5.74, 6) is 0. The molecule has 0 saturated carbocycles. The molecular formula is C22H17N. The van der Waals surface area contributed by atoms with Crippen LogP contribution in [0.5, 0.6) is 0 Å². The fraction of sp³-hybridized carbons (Fsp3) is 0.0455. The summed E-state index contributed by atoms with van der Waals surface area (Å²) in [5, 5.41) is 2.50. The number of benzene rings is 3. The van der Waals surface area contributed by atoms with Crippen LogP contribution >= 0.6 is 0 Å². The molecule has 0 N–H and O–H groups in total. The Morgan fingerprint density at radius 1 is 0.609 bits per heavy atom. The minimum atomic E-state index is 1.01.